The van der Waals surface area contributed by atoms with Gasteiger partial charge < -0.3 is 19.7 Å². The van der Waals surface area contributed by atoms with Crippen LogP contribution in [0.4, 0.5) is 5.69 Å². The molecular formula is C21H29N2O3+. The third kappa shape index (κ3) is 5.23. The Morgan fingerprint density at radius 2 is 1.88 bits per heavy atom. The average molecular weight is 357 g/mol. The molecule has 0 fully saturated rings. The molecule has 2 aromatic rings. The van der Waals surface area contributed by atoms with E-state index in [1.165, 1.54) is 5.56 Å². The first-order valence-electron chi connectivity index (χ1n) is 8.94. The summed E-state index contributed by atoms with van der Waals surface area (Å²) in [6.07, 6.45) is 0. The van der Waals surface area contributed by atoms with Crippen molar-refractivity contribution in [2.45, 2.75) is 33.4 Å². The molecule has 0 radical (unpaired) electrons. The van der Waals surface area contributed by atoms with E-state index in [0.29, 0.717) is 18.0 Å². The quantitative estimate of drug-likeness (QED) is 0.763. The van der Waals surface area contributed by atoms with Gasteiger partial charge in [-0.2, -0.15) is 0 Å². The second-order valence-corrected chi connectivity index (χ2v) is 6.51. The zero-order valence-corrected chi connectivity index (χ0v) is 16.3. The molecule has 0 saturated heterocycles. The molecule has 5 nitrogen and oxygen atoms in total. The Hall–Kier alpha value is -2.53. The molecule has 0 aliphatic carbocycles. The summed E-state index contributed by atoms with van der Waals surface area (Å²) < 4.78 is 10.8. The largest absolute Gasteiger partial charge is 0.495 e. The van der Waals surface area contributed by atoms with Crippen molar-refractivity contribution in [1.29, 1.82) is 0 Å². The number of anilines is 1. The van der Waals surface area contributed by atoms with Crippen LogP contribution in [0, 0.1) is 6.92 Å². The monoisotopic (exact) mass is 357 g/mol. The number of amides is 1. The van der Waals surface area contributed by atoms with Gasteiger partial charge in [-0.25, -0.2) is 0 Å². The van der Waals surface area contributed by atoms with Crippen molar-refractivity contribution in [2.75, 3.05) is 26.1 Å². The van der Waals surface area contributed by atoms with Crippen LogP contribution in [0.25, 0.3) is 0 Å². The minimum Gasteiger partial charge on any atom is -0.495 e. The first-order chi connectivity index (χ1) is 12.4. The zero-order chi connectivity index (χ0) is 19.1. The van der Waals surface area contributed by atoms with Gasteiger partial charge >= 0.3 is 0 Å². The predicted molar refractivity (Wildman–Crippen MR) is 104 cm³/mol. The van der Waals surface area contributed by atoms with Gasteiger partial charge in [-0.3, -0.25) is 4.79 Å². The number of carbonyl (C=O) groups excluding carboxylic acids is 1. The summed E-state index contributed by atoms with van der Waals surface area (Å²) in [6.45, 7) is 7.30. The van der Waals surface area contributed by atoms with E-state index >= 15 is 0 Å². The van der Waals surface area contributed by atoms with Crippen LogP contribution >= 0.6 is 0 Å². The molecule has 2 aromatic carbocycles. The fourth-order valence-electron chi connectivity index (χ4n) is 2.73. The van der Waals surface area contributed by atoms with E-state index in [1.807, 2.05) is 70.3 Å². The van der Waals surface area contributed by atoms with E-state index < -0.39 is 0 Å². The first-order valence-corrected chi connectivity index (χ1v) is 8.94. The van der Waals surface area contributed by atoms with E-state index in [9.17, 15) is 4.79 Å². The summed E-state index contributed by atoms with van der Waals surface area (Å²) in [5.41, 5.74) is 2.95. The maximum atomic E-state index is 12.7. The smallest absolute Gasteiger partial charge is 0.282 e. The molecule has 26 heavy (non-hydrogen) atoms. The molecule has 0 spiro atoms. The lowest BCUT2D eigenvalue weighted by atomic mass is 10.1. The van der Waals surface area contributed by atoms with Crippen molar-refractivity contribution in [3.05, 3.63) is 53.6 Å². The van der Waals surface area contributed by atoms with E-state index in [4.69, 9.17) is 9.47 Å². The number of aryl methyl sites for hydroxylation is 1. The lowest BCUT2D eigenvalue weighted by Gasteiger charge is -2.22. The first kappa shape index (κ1) is 19.8. The predicted octanol–water partition coefficient (Wildman–Crippen LogP) is 2.44. The Balaban J connectivity index is 1.99. The van der Waals surface area contributed by atoms with E-state index in [1.54, 1.807) is 7.11 Å². The summed E-state index contributed by atoms with van der Waals surface area (Å²) in [5, 5.41) is 2.99. The molecule has 0 saturated carbocycles. The van der Waals surface area contributed by atoms with Crippen LogP contribution in [-0.4, -0.2) is 32.7 Å². The highest BCUT2D eigenvalue weighted by Crippen LogP contribution is 2.25. The second kappa shape index (κ2) is 9.25. The molecule has 0 aliphatic heterocycles. The van der Waals surface area contributed by atoms with Gasteiger partial charge in [0, 0.05) is 5.56 Å². The Labute approximate surface area is 155 Å². The Morgan fingerprint density at radius 1 is 1.19 bits per heavy atom. The van der Waals surface area contributed by atoms with Crippen LogP contribution in [0.2, 0.25) is 0 Å². The molecule has 2 atom stereocenters. The van der Waals surface area contributed by atoms with Gasteiger partial charge in [0.05, 0.1) is 26.5 Å². The normalized spacial score (nSPS) is 13.0. The van der Waals surface area contributed by atoms with Crippen molar-refractivity contribution in [2.24, 2.45) is 0 Å². The van der Waals surface area contributed by atoms with Crippen molar-refractivity contribution >= 4 is 11.6 Å². The number of nitrogens with one attached hydrogen (secondary N) is 2. The van der Waals surface area contributed by atoms with Gasteiger partial charge in [0.25, 0.3) is 5.91 Å². The van der Waals surface area contributed by atoms with E-state index in [2.05, 4.69) is 5.32 Å². The van der Waals surface area contributed by atoms with Gasteiger partial charge in [0.2, 0.25) is 0 Å². The molecule has 5 heteroatoms. The molecule has 0 bridgehead atoms. The SMILES string of the molecule is CCOc1ccc(C[NH+](C)[C@H](C)C(=O)Nc2cc(C)ccc2OC)cc1. The standard InChI is InChI=1S/C21H28N2O3/c1-6-26-18-10-8-17(9-11-18)14-23(4)16(3)21(24)22-19-13-15(2)7-12-20(19)25-5/h7-13,16H,6,14H2,1-5H3,(H,22,24)/p+1/t16-/m1/s1. The zero-order valence-electron chi connectivity index (χ0n) is 16.3. The number of ether oxygens (including phenoxy) is 2. The van der Waals surface area contributed by atoms with Crippen LogP contribution in [-0.2, 0) is 11.3 Å². The number of hydrogen-bond donors (Lipinski definition) is 2. The van der Waals surface area contributed by atoms with Gasteiger partial charge in [0.15, 0.2) is 6.04 Å². The highest BCUT2D eigenvalue weighted by Gasteiger charge is 2.23. The summed E-state index contributed by atoms with van der Waals surface area (Å²) in [6, 6.07) is 13.6. The van der Waals surface area contributed by atoms with Gasteiger partial charge in [-0.05, 0) is 62.7 Å². The molecule has 2 rings (SSSR count). The fraction of sp³-hybridized carbons (Fsp3) is 0.381. The number of likely N-dealkylation sites (N-methyl/N-ethyl adjacent to an activating group) is 1. The van der Waals surface area contributed by atoms with Crippen molar-refractivity contribution in [3.8, 4) is 11.5 Å². The van der Waals surface area contributed by atoms with E-state index in [0.717, 1.165) is 22.8 Å². The highest BCUT2D eigenvalue weighted by atomic mass is 16.5. The Bertz CT molecular complexity index is 729. The van der Waals surface area contributed by atoms with Crippen molar-refractivity contribution < 1.29 is 19.2 Å². The molecule has 1 amide bonds. The minimum absolute atomic E-state index is 0.0302. The number of quaternary nitrogens is 1. The van der Waals surface area contributed by atoms with Crippen molar-refractivity contribution in [1.82, 2.24) is 0 Å². The highest BCUT2D eigenvalue weighted by molar-refractivity contribution is 5.95. The van der Waals surface area contributed by atoms with Gasteiger partial charge in [-0.1, -0.05) is 6.07 Å². The Kier molecular flexibility index (Phi) is 7.04. The Morgan fingerprint density at radius 3 is 2.50 bits per heavy atom. The third-order valence-electron chi connectivity index (χ3n) is 4.46. The van der Waals surface area contributed by atoms with Gasteiger partial charge in [-0.15, -0.1) is 0 Å². The third-order valence-corrected chi connectivity index (χ3v) is 4.46. The van der Waals surface area contributed by atoms with Crippen LogP contribution in [0.15, 0.2) is 42.5 Å². The van der Waals surface area contributed by atoms with Crippen LogP contribution in [0.1, 0.15) is 25.0 Å². The number of carbonyl (C=O) groups is 1. The molecule has 2 N–H and O–H groups in total. The molecular weight excluding hydrogens is 328 g/mol. The number of benzene rings is 2. The molecule has 1 unspecified atom stereocenters. The summed E-state index contributed by atoms with van der Waals surface area (Å²) in [5.74, 6) is 1.50. The molecule has 0 aliphatic rings. The maximum absolute atomic E-state index is 12.7. The van der Waals surface area contributed by atoms with Crippen LogP contribution < -0.4 is 19.7 Å². The lowest BCUT2D eigenvalue weighted by Crippen LogP contribution is -3.12. The number of hydrogen-bond acceptors (Lipinski definition) is 3. The van der Waals surface area contributed by atoms with Gasteiger partial charge in [0.1, 0.15) is 18.0 Å². The molecule has 0 aromatic heterocycles. The molecule has 0 heterocycles. The lowest BCUT2D eigenvalue weighted by molar-refractivity contribution is -0.907. The summed E-state index contributed by atoms with van der Waals surface area (Å²) in [7, 11) is 3.63. The number of rotatable bonds is 8. The summed E-state index contributed by atoms with van der Waals surface area (Å²) in [4.78, 5) is 13.8. The fourth-order valence-corrected chi connectivity index (χ4v) is 2.73. The van der Waals surface area contributed by atoms with Crippen LogP contribution in [0.3, 0.4) is 0 Å². The maximum Gasteiger partial charge on any atom is 0.282 e. The second-order valence-electron chi connectivity index (χ2n) is 6.51. The van der Waals surface area contributed by atoms with Crippen molar-refractivity contribution in [3.63, 3.8) is 0 Å². The number of methoxy groups -OCH3 is 1. The summed E-state index contributed by atoms with van der Waals surface area (Å²) >= 11 is 0. The average Bonchev–Trinajstić information content (AvgIpc) is 2.63. The van der Waals surface area contributed by atoms with Crippen LogP contribution in [0.5, 0.6) is 11.5 Å². The topological polar surface area (TPSA) is 52.0 Å². The minimum atomic E-state index is -0.202. The molecule has 140 valence electrons. The van der Waals surface area contributed by atoms with E-state index in [-0.39, 0.29) is 11.9 Å².